The van der Waals surface area contributed by atoms with Crippen LogP contribution in [0, 0.1) is 0 Å². The van der Waals surface area contributed by atoms with E-state index in [1.54, 1.807) is 6.07 Å². The highest BCUT2D eigenvalue weighted by Crippen LogP contribution is 2.31. The lowest BCUT2D eigenvalue weighted by atomic mass is 10.1. The summed E-state index contributed by atoms with van der Waals surface area (Å²) < 4.78 is 11.3. The summed E-state index contributed by atoms with van der Waals surface area (Å²) >= 11 is 0. The number of fused-ring (bicyclic) bond motifs is 1. The van der Waals surface area contributed by atoms with Gasteiger partial charge in [0.1, 0.15) is 6.61 Å². The van der Waals surface area contributed by atoms with Crippen molar-refractivity contribution in [3.05, 3.63) is 54.1 Å². The third-order valence-electron chi connectivity index (χ3n) is 3.46. The van der Waals surface area contributed by atoms with Crippen LogP contribution in [0.2, 0.25) is 0 Å². The molecule has 1 heterocycles. The largest absolute Gasteiger partial charge is 0.485 e. The number of carbonyl (C=O) groups is 1. The number of para-hydroxylation sites is 3. The molecule has 0 aliphatic carbocycles. The Kier molecular flexibility index (Phi) is 3.77. The van der Waals surface area contributed by atoms with Crippen LogP contribution in [0.25, 0.3) is 0 Å². The predicted octanol–water partition coefficient (Wildman–Crippen LogP) is 3.03. The van der Waals surface area contributed by atoms with Gasteiger partial charge in [-0.2, -0.15) is 0 Å². The van der Waals surface area contributed by atoms with Crippen LogP contribution in [-0.4, -0.2) is 18.6 Å². The first-order valence-corrected chi connectivity index (χ1v) is 7.05. The molecule has 1 amide bonds. The van der Waals surface area contributed by atoms with E-state index in [-0.39, 0.29) is 12.5 Å². The van der Waals surface area contributed by atoms with Crippen molar-refractivity contribution in [3.8, 4) is 11.5 Å². The maximum absolute atomic E-state index is 12.3. The Morgan fingerprint density at radius 1 is 1.14 bits per heavy atom. The zero-order chi connectivity index (χ0) is 14.7. The van der Waals surface area contributed by atoms with Gasteiger partial charge in [-0.3, -0.25) is 4.79 Å². The van der Waals surface area contributed by atoms with Gasteiger partial charge in [-0.05, 0) is 30.2 Å². The van der Waals surface area contributed by atoms with E-state index >= 15 is 0 Å². The van der Waals surface area contributed by atoms with Gasteiger partial charge in [-0.1, -0.05) is 37.3 Å². The summed E-state index contributed by atoms with van der Waals surface area (Å²) in [5.74, 6) is 1.09. The highest BCUT2D eigenvalue weighted by molar-refractivity contribution is 5.95. The molecule has 1 aliphatic heterocycles. The predicted molar refractivity (Wildman–Crippen MR) is 80.8 cm³/mol. The summed E-state index contributed by atoms with van der Waals surface area (Å²) in [7, 11) is 0. The summed E-state index contributed by atoms with van der Waals surface area (Å²) in [4.78, 5) is 12.3. The van der Waals surface area contributed by atoms with E-state index in [1.807, 2.05) is 42.5 Å². The second kappa shape index (κ2) is 5.87. The van der Waals surface area contributed by atoms with Crippen molar-refractivity contribution in [2.45, 2.75) is 19.4 Å². The van der Waals surface area contributed by atoms with Crippen molar-refractivity contribution in [2.24, 2.45) is 0 Å². The summed E-state index contributed by atoms with van der Waals surface area (Å²) in [5.41, 5.74) is 1.93. The van der Waals surface area contributed by atoms with Gasteiger partial charge in [0.25, 0.3) is 5.91 Å². The van der Waals surface area contributed by atoms with Crippen LogP contribution < -0.4 is 14.8 Å². The average molecular weight is 283 g/mol. The van der Waals surface area contributed by atoms with Crippen LogP contribution in [0.15, 0.2) is 48.5 Å². The SMILES string of the molecule is CCc1ccccc1NC(=O)[C@@H]1COc2ccccc2O1. The molecule has 2 aromatic carbocycles. The van der Waals surface area contributed by atoms with Crippen LogP contribution in [0.4, 0.5) is 5.69 Å². The van der Waals surface area contributed by atoms with Crippen molar-refractivity contribution in [1.29, 1.82) is 0 Å². The number of hydrogen-bond donors (Lipinski definition) is 1. The Hall–Kier alpha value is -2.49. The minimum Gasteiger partial charge on any atom is -0.485 e. The minimum atomic E-state index is -0.634. The van der Waals surface area contributed by atoms with Crippen LogP contribution >= 0.6 is 0 Å². The van der Waals surface area contributed by atoms with E-state index in [0.29, 0.717) is 11.5 Å². The van der Waals surface area contributed by atoms with E-state index < -0.39 is 6.10 Å². The molecule has 0 saturated heterocycles. The number of rotatable bonds is 3. The van der Waals surface area contributed by atoms with Crippen LogP contribution in [0.5, 0.6) is 11.5 Å². The topological polar surface area (TPSA) is 47.6 Å². The third kappa shape index (κ3) is 2.84. The Balaban J connectivity index is 1.72. The molecule has 3 rings (SSSR count). The molecule has 108 valence electrons. The van der Waals surface area contributed by atoms with Gasteiger partial charge < -0.3 is 14.8 Å². The average Bonchev–Trinajstić information content (AvgIpc) is 2.55. The lowest BCUT2D eigenvalue weighted by Gasteiger charge is -2.25. The number of ether oxygens (including phenoxy) is 2. The number of benzene rings is 2. The fourth-order valence-electron chi connectivity index (χ4n) is 2.31. The third-order valence-corrected chi connectivity index (χ3v) is 3.46. The highest BCUT2D eigenvalue weighted by Gasteiger charge is 2.27. The lowest BCUT2D eigenvalue weighted by molar-refractivity contribution is -0.125. The lowest BCUT2D eigenvalue weighted by Crippen LogP contribution is -2.40. The Bertz CT molecular complexity index is 654. The summed E-state index contributed by atoms with van der Waals surface area (Å²) in [6.07, 6.45) is 0.228. The van der Waals surface area contributed by atoms with Crippen molar-refractivity contribution >= 4 is 11.6 Å². The van der Waals surface area contributed by atoms with Gasteiger partial charge in [0, 0.05) is 5.69 Å². The van der Waals surface area contributed by atoms with Crippen LogP contribution in [-0.2, 0) is 11.2 Å². The van der Waals surface area contributed by atoms with Crippen molar-refractivity contribution < 1.29 is 14.3 Å². The second-order valence-electron chi connectivity index (χ2n) is 4.86. The molecule has 4 heteroatoms. The van der Waals surface area contributed by atoms with Crippen molar-refractivity contribution in [1.82, 2.24) is 0 Å². The van der Waals surface area contributed by atoms with E-state index in [2.05, 4.69) is 12.2 Å². The molecule has 4 nitrogen and oxygen atoms in total. The maximum atomic E-state index is 12.3. The normalized spacial score (nSPS) is 16.3. The zero-order valence-electron chi connectivity index (χ0n) is 11.8. The molecule has 0 unspecified atom stereocenters. The van der Waals surface area contributed by atoms with Crippen molar-refractivity contribution in [3.63, 3.8) is 0 Å². The van der Waals surface area contributed by atoms with Gasteiger partial charge in [0.15, 0.2) is 11.5 Å². The smallest absolute Gasteiger partial charge is 0.269 e. The van der Waals surface area contributed by atoms with E-state index in [1.165, 1.54) is 0 Å². The minimum absolute atomic E-state index is 0.189. The fraction of sp³-hybridized carbons (Fsp3) is 0.235. The molecule has 0 saturated carbocycles. The van der Waals surface area contributed by atoms with E-state index in [4.69, 9.17) is 9.47 Å². The first-order valence-electron chi connectivity index (χ1n) is 7.05. The molecule has 0 bridgehead atoms. The molecular weight excluding hydrogens is 266 g/mol. The van der Waals surface area contributed by atoms with Gasteiger partial charge in [0.2, 0.25) is 6.10 Å². The molecule has 0 radical (unpaired) electrons. The number of hydrogen-bond acceptors (Lipinski definition) is 3. The summed E-state index contributed by atoms with van der Waals surface area (Å²) in [6, 6.07) is 15.1. The molecule has 0 spiro atoms. The second-order valence-corrected chi connectivity index (χ2v) is 4.86. The molecule has 1 N–H and O–H groups in total. The number of nitrogens with one attached hydrogen (secondary N) is 1. The number of amides is 1. The van der Waals surface area contributed by atoms with Gasteiger partial charge in [0.05, 0.1) is 0 Å². The monoisotopic (exact) mass is 283 g/mol. The van der Waals surface area contributed by atoms with Crippen LogP contribution in [0.3, 0.4) is 0 Å². The highest BCUT2D eigenvalue weighted by atomic mass is 16.6. The summed E-state index contributed by atoms with van der Waals surface area (Å²) in [5, 5.41) is 2.92. The molecule has 1 atom stereocenters. The zero-order valence-corrected chi connectivity index (χ0v) is 11.8. The number of aryl methyl sites for hydroxylation is 1. The van der Waals surface area contributed by atoms with Gasteiger partial charge in [-0.25, -0.2) is 0 Å². The first kappa shape index (κ1) is 13.5. The summed E-state index contributed by atoms with van der Waals surface area (Å²) in [6.45, 7) is 2.28. The number of anilines is 1. The van der Waals surface area contributed by atoms with Gasteiger partial charge >= 0.3 is 0 Å². The molecule has 0 fully saturated rings. The fourth-order valence-corrected chi connectivity index (χ4v) is 2.31. The van der Waals surface area contributed by atoms with E-state index in [0.717, 1.165) is 17.7 Å². The van der Waals surface area contributed by atoms with E-state index in [9.17, 15) is 4.79 Å². The molecule has 21 heavy (non-hydrogen) atoms. The standard InChI is InChI=1S/C17H17NO3/c1-2-12-7-3-4-8-13(12)18-17(19)16-11-20-14-9-5-6-10-15(14)21-16/h3-10,16H,2,11H2,1H3,(H,18,19)/t16-/m0/s1. The molecular formula is C17H17NO3. The van der Waals surface area contributed by atoms with Gasteiger partial charge in [-0.15, -0.1) is 0 Å². The molecule has 1 aliphatic rings. The Morgan fingerprint density at radius 3 is 2.67 bits per heavy atom. The molecule has 2 aromatic rings. The molecule has 0 aromatic heterocycles. The number of carbonyl (C=O) groups excluding carboxylic acids is 1. The Labute approximate surface area is 123 Å². The quantitative estimate of drug-likeness (QED) is 0.942. The Morgan fingerprint density at radius 2 is 1.86 bits per heavy atom. The van der Waals surface area contributed by atoms with Crippen LogP contribution in [0.1, 0.15) is 12.5 Å². The van der Waals surface area contributed by atoms with Crippen molar-refractivity contribution in [2.75, 3.05) is 11.9 Å². The maximum Gasteiger partial charge on any atom is 0.269 e. The first-order chi connectivity index (χ1) is 10.3.